The lowest BCUT2D eigenvalue weighted by atomic mass is 10.1. The van der Waals surface area contributed by atoms with Gasteiger partial charge in [0.05, 0.1) is 12.3 Å². The Kier molecular flexibility index (Phi) is 6.89. The van der Waals surface area contributed by atoms with Crippen LogP contribution in [-0.2, 0) is 7.05 Å². The van der Waals surface area contributed by atoms with E-state index in [0.717, 1.165) is 30.0 Å². The van der Waals surface area contributed by atoms with Gasteiger partial charge in [0.25, 0.3) is 5.91 Å². The van der Waals surface area contributed by atoms with Crippen LogP contribution in [0.25, 0.3) is 11.3 Å². The minimum absolute atomic E-state index is 0.188. The Morgan fingerprint density at radius 2 is 1.90 bits per heavy atom. The highest BCUT2D eigenvalue weighted by molar-refractivity contribution is 6.30. The summed E-state index contributed by atoms with van der Waals surface area (Å²) < 4.78 is 7.94. The molecular formula is C24H27ClN4O2. The second-order valence-corrected chi connectivity index (χ2v) is 8.20. The minimum atomic E-state index is -0.188. The molecule has 6 nitrogen and oxygen atoms in total. The molecule has 1 saturated heterocycles. The Morgan fingerprint density at radius 3 is 2.61 bits per heavy atom. The number of anilines is 1. The number of benzene rings is 2. The molecule has 1 amide bonds. The van der Waals surface area contributed by atoms with E-state index in [2.05, 4.69) is 15.3 Å². The molecule has 0 saturated carbocycles. The molecule has 4 rings (SSSR count). The molecular weight excluding hydrogens is 412 g/mol. The average molecular weight is 439 g/mol. The highest BCUT2D eigenvalue weighted by Crippen LogP contribution is 2.33. The summed E-state index contributed by atoms with van der Waals surface area (Å²) in [4.78, 5) is 15.1. The van der Waals surface area contributed by atoms with Gasteiger partial charge in [0.2, 0.25) is 0 Å². The monoisotopic (exact) mass is 438 g/mol. The number of carbonyl (C=O) groups excluding carboxylic acids is 1. The fourth-order valence-corrected chi connectivity index (χ4v) is 3.98. The van der Waals surface area contributed by atoms with Crippen molar-refractivity contribution >= 4 is 23.2 Å². The van der Waals surface area contributed by atoms with Gasteiger partial charge in [-0.15, -0.1) is 0 Å². The molecule has 1 aromatic heterocycles. The Balaban J connectivity index is 1.48. The van der Waals surface area contributed by atoms with E-state index in [0.29, 0.717) is 22.9 Å². The molecule has 0 spiro atoms. The van der Waals surface area contributed by atoms with Gasteiger partial charge in [-0.2, -0.15) is 5.10 Å². The zero-order valence-corrected chi connectivity index (χ0v) is 18.4. The van der Waals surface area contributed by atoms with E-state index in [9.17, 15) is 4.79 Å². The first-order valence-corrected chi connectivity index (χ1v) is 11.0. The summed E-state index contributed by atoms with van der Waals surface area (Å²) in [7, 11) is 1.89. The number of aryl methyl sites for hydroxylation is 1. The molecule has 1 fully saturated rings. The van der Waals surface area contributed by atoms with Gasteiger partial charge < -0.3 is 15.0 Å². The number of nitrogens with one attached hydrogen (secondary N) is 1. The van der Waals surface area contributed by atoms with Crippen LogP contribution in [-0.4, -0.2) is 46.8 Å². The van der Waals surface area contributed by atoms with Gasteiger partial charge >= 0.3 is 0 Å². The number of nitrogens with zero attached hydrogens (tertiary/aromatic N) is 3. The third kappa shape index (κ3) is 5.46. The predicted octanol–water partition coefficient (Wildman–Crippen LogP) is 4.86. The Morgan fingerprint density at radius 1 is 1.13 bits per heavy atom. The van der Waals surface area contributed by atoms with Crippen molar-refractivity contribution in [2.45, 2.75) is 19.3 Å². The lowest BCUT2D eigenvalue weighted by Crippen LogP contribution is -2.22. The molecule has 1 aliphatic rings. The zero-order valence-electron chi connectivity index (χ0n) is 17.7. The summed E-state index contributed by atoms with van der Waals surface area (Å²) in [6, 6.07) is 14.5. The van der Waals surface area contributed by atoms with Crippen LogP contribution in [0, 0.1) is 0 Å². The second kappa shape index (κ2) is 9.98. The van der Waals surface area contributed by atoms with Crippen molar-refractivity contribution in [1.82, 2.24) is 14.7 Å². The summed E-state index contributed by atoms with van der Waals surface area (Å²) in [6.07, 6.45) is 5.34. The summed E-state index contributed by atoms with van der Waals surface area (Å²) >= 11 is 5.92. The maximum atomic E-state index is 12.6. The maximum absolute atomic E-state index is 12.6. The van der Waals surface area contributed by atoms with Crippen molar-refractivity contribution in [3.05, 3.63) is 65.3 Å². The van der Waals surface area contributed by atoms with Crippen LogP contribution in [0.3, 0.4) is 0 Å². The van der Waals surface area contributed by atoms with Gasteiger partial charge in [0.15, 0.2) is 0 Å². The van der Waals surface area contributed by atoms with E-state index >= 15 is 0 Å². The Labute approximate surface area is 187 Å². The van der Waals surface area contributed by atoms with Crippen molar-refractivity contribution in [2.75, 3.05) is 31.6 Å². The normalized spacial score (nSPS) is 14.0. The van der Waals surface area contributed by atoms with E-state index in [1.807, 2.05) is 31.3 Å². The van der Waals surface area contributed by atoms with Crippen LogP contribution in [0.4, 0.5) is 5.69 Å². The van der Waals surface area contributed by atoms with Crippen molar-refractivity contribution in [1.29, 1.82) is 0 Å². The van der Waals surface area contributed by atoms with Gasteiger partial charge in [-0.25, -0.2) is 0 Å². The SMILES string of the molecule is Cn1nccc1-c1cc(NC(=O)c2ccc(Cl)cc2)ccc1OCCCN1CCCC1. The standard InChI is InChI=1S/C24H27ClN4O2/c1-28-22(11-12-26-28)21-17-20(27-24(30)18-5-7-19(25)8-6-18)9-10-23(21)31-16-4-15-29-13-2-3-14-29/h5-12,17H,2-4,13-16H2,1H3,(H,27,30). The predicted molar refractivity (Wildman–Crippen MR) is 124 cm³/mol. The number of carbonyl (C=O) groups is 1. The van der Waals surface area contributed by atoms with Crippen molar-refractivity contribution in [3.63, 3.8) is 0 Å². The molecule has 7 heteroatoms. The van der Waals surface area contributed by atoms with E-state index in [4.69, 9.17) is 16.3 Å². The van der Waals surface area contributed by atoms with Crippen molar-refractivity contribution in [2.24, 2.45) is 7.05 Å². The highest BCUT2D eigenvalue weighted by atomic mass is 35.5. The largest absolute Gasteiger partial charge is 0.493 e. The summed E-state index contributed by atoms with van der Waals surface area (Å²) in [5, 5.41) is 7.84. The van der Waals surface area contributed by atoms with Gasteiger partial charge in [-0.3, -0.25) is 9.48 Å². The first kappa shape index (κ1) is 21.4. The highest BCUT2D eigenvalue weighted by Gasteiger charge is 2.14. The number of ether oxygens (including phenoxy) is 1. The van der Waals surface area contributed by atoms with E-state index in [-0.39, 0.29) is 5.91 Å². The number of halogens is 1. The van der Waals surface area contributed by atoms with Crippen LogP contribution >= 0.6 is 11.6 Å². The van der Waals surface area contributed by atoms with Crippen LogP contribution in [0.15, 0.2) is 54.7 Å². The topological polar surface area (TPSA) is 59.4 Å². The van der Waals surface area contributed by atoms with Crippen LogP contribution in [0.2, 0.25) is 5.02 Å². The molecule has 0 radical (unpaired) electrons. The molecule has 31 heavy (non-hydrogen) atoms. The zero-order chi connectivity index (χ0) is 21.6. The number of amides is 1. The number of likely N-dealkylation sites (tertiary alicyclic amines) is 1. The van der Waals surface area contributed by atoms with Gasteiger partial charge in [0, 0.05) is 41.6 Å². The molecule has 0 unspecified atom stereocenters. The number of hydrogen-bond acceptors (Lipinski definition) is 4. The van der Waals surface area contributed by atoms with E-state index in [1.54, 1.807) is 35.1 Å². The maximum Gasteiger partial charge on any atom is 0.255 e. The quantitative estimate of drug-likeness (QED) is 0.510. The fourth-order valence-electron chi connectivity index (χ4n) is 3.85. The molecule has 2 aromatic carbocycles. The lowest BCUT2D eigenvalue weighted by Gasteiger charge is -2.16. The molecule has 1 aliphatic heterocycles. The molecule has 1 N–H and O–H groups in total. The van der Waals surface area contributed by atoms with Crippen LogP contribution in [0.1, 0.15) is 29.6 Å². The van der Waals surface area contributed by atoms with Crippen LogP contribution < -0.4 is 10.1 Å². The molecule has 3 aromatic rings. The Hall–Kier alpha value is -2.83. The summed E-state index contributed by atoms with van der Waals surface area (Å²) in [6.45, 7) is 4.11. The smallest absolute Gasteiger partial charge is 0.255 e. The van der Waals surface area contributed by atoms with Crippen molar-refractivity contribution in [3.8, 4) is 17.0 Å². The van der Waals surface area contributed by atoms with Gasteiger partial charge in [-0.1, -0.05) is 11.6 Å². The molecule has 0 bridgehead atoms. The van der Waals surface area contributed by atoms with E-state index in [1.165, 1.54) is 25.9 Å². The third-order valence-electron chi connectivity index (χ3n) is 5.52. The number of hydrogen-bond donors (Lipinski definition) is 1. The fraction of sp³-hybridized carbons (Fsp3) is 0.333. The third-order valence-corrected chi connectivity index (χ3v) is 5.77. The number of rotatable bonds is 8. The molecule has 0 atom stereocenters. The minimum Gasteiger partial charge on any atom is -0.493 e. The molecule has 2 heterocycles. The van der Waals surface area contributed by atoms with Crippen molar-refractivity contribution < 1.29 is 9.53 Å². The summed E-state index contributed by atoms with van der Waals surface area (Å²) in [5.41, 5.74) is 3.07. The van der Waals surface area contributed by atoms with Gasteiger partial charge in [-0.05, 0) is 80.9 Å². The lowest BCUT2D eigenvalue weighted by molar-refractivity contribution is 0.102. The molecule has 162 valence electrons. The number of aromatic nitrogens is 2. The van der Waals surface area contributed by atoms with Crippen LogP contribution in [0.5, 0.6) is 5.75 Å². The first-order chi connectivity index (χ1) is 15.1. The second-order valence-electron chi connectivity index (χ2n) is 7.76. The van der Waals surface area contributed by atoms with E-state index < -0.39 is 0 Å². The summed E-state index contributed by atoms with van der Waals surface area (Å²) in [5.74, 6) is 0.599. The Bertz CT molecular complexity index is 1030. The first-order valence-electron chi connectivity index (χ1n) is 10.6. The average Bonchev–Trinajstić information content (AvgIpc) is 3.44. The molecule has 0 aliphatic carbocycles. The van der Waals surface area contributed by atoms with Gasteiger partial charge in [0.1, 0.15) is 5.75 Å².